The van der Waals surface area contributed by atoms with Gasteiger partial charge in [-0.3, -0.25) is 4.79 Å². The molecule has 2 N–H and O–H groups in total. The maximum atomic E-state index is 13.6. The molecule has 1 aliphatic rings. The molecule has 0 unspecified atom stereocenters. The topological polar surface area (TPSA) is 139 Å². The molecule has 0 spiro atoms. The Labute approximate surface area is 224 Å². The number of ether oxygens (including phenoxy) is 2. The number of hydrogen-bond acceptors (Lipinski definition) is 8. The first-order chi connectivity index (χ1) is 17.8. The fourth-order valence-corrected chi connectivity index (χ4v) is 6.90. The van der Waals surface area contributed by atoms with Crippen molar-refractivity contribution in [2.24, 2.45) is 11.8 Å². The number of aliphatic hydroxyl groups excluding tert-OH is 1. The van der Waals surface area contributed by atoms with Crippen molar-refractivity contribution in [2.75, 3.05) is 31.9 Å². The summed E-state index contributed by atoms with van der Waals surface area (Å²) in [5.41, 5.74) is 0.821. The summed E-state index contributed by atoms with van der Waals surface area (Å²) in [7, 11) is -7.44. The lowest BCUT2D eigenvalue weighted by atomic mass is 10.00. The van der Waals surface area contributed by atoms with E-state index in [1.165, 1.54) is 29.4 Å². The maximum absolute atomic E-state index is 13.6. The first kappa shape index (κ1) is 29.9. The Kier molecular flexibility index (Phi) is 9.80. The largest absolute Gasteiger partial charge is 0.454 e. The zero-order chi connectivity index (χ0) is 28.1. The molecule has 38 heavy (non-hydrogen) atoms. The van der Waals surface area contributed by atoms with E-state index >= 15 is 0 Å². The van der Waals surface area contributed by atoms with Crippen molar-refractivity contribution in [3.05, 3.63) is 54.1 Å². The van der Waals surface area contributed by atoms with Gasteiger partial charge in [0.1, 0.15) is 9.84 Å². The van der Waals surface area contributed by atoms with Crippen LogP contribution >= 0.6 is 0 Å². The zero-order valence-electron chi connectivity index (χ0n) is 22.0. The van der Waals surface area contributed by atoms with Gasteiger partial charge in [-0.1, -0.05) is 51.1 Å². The minimum atomic E-state index is -4.04. The Hall–Kier alpha value is -2.67. The highest BCUT2D eigenvalue weighted by Crippen LogP contribution is 2.34. The van der Waals surface area contributed by atoms with Crippen molar-refractivity contribution in [3.63, 3.8) is 0 Å². The third kappa shape index (κ3) is 8.16. The number of aliphatic hydroxyl groups is 1. The van der Waals surface area contributed by atoms with Crippen LogP contribution in [0.25, 0.3) is 0 Å². The summed E-state index contributed by atoms with van der Waals surface area (Å²) in [6.07, 6.45) is -0.0105. The second kappa shape index (κ2) is 12.5. The monoisotopic (exact) mass is 568 g/mol. The van der Waals surface area contributed by atoms with Crippen LogP contribution in [0.5, 0.6) is 11.5 Å². The second-order valence-corrected chi connectivity index (χ2v) is 14.2. The lowest BCUT2D eigenvalue weighted by Crippen LogP contribution is -2.52. The van der Waals surface area contributed by atoms with Crippen LogP contribution in [0.15, 0.2) is 53.4 Å². The van der Waals surface area contributed by atoms with E-state index < -0.39 is 43.8 Å². The zero-order valence-corrected chi connectivity index (χ0v) is 23.7. The van der Waals surface area contributed by atoms with Gasteiger partial charge in [0.15, 0.2) is 11.5 Å². The number of nitrogens with one attached hydrogen (secondary N) is 1. The summed E-state index contributed by atoms with van der Waals surface area (Å²) < 4.78 is 62.5. The van der Waals surface area contributed by atoms with Gasteiger partial charge in [0.05, 0.1) is 22.8 Å². The first-order valence-electron chi connectivity index (χ1n) is 12.4. The average molecular weight is 569 g/mol. The van der Waals surface area contributed by atoms with Crippen LogP contribution < -0.4 is 14.8 Å². The van der Waals surface area contributed by atoms with Crippen molar-refractivity contribution < 1.29 is 36.2 Å². The molecule has 0 bridgehead atoms. The van der Waals surface area contributed by atoms with E-state index in [1.54, 1.807) is 0 Å². The second-order valence-electron chi connectivity index (χ2n) is 10.1. The fraction of sp³-hybridized carbons (Fsp3) is 0.500. The van der Waals surface area contributed by atoms with E-state index in [-0.39, 0.29) is 42.9 Å². The van der Waals surface area contributed by atoms with Crippen LogP contribution in [0.4, 0.5) is 0 Å². The van der Waals surface area contributed by atoms with Gasteiger partial charge in [-0.2, -0.15) is 4.31 Å². The highest BCUT2D eigenvalue weighted by atomic mass is 32.2. The number of carbonyl (C=O) groups is 1. The maximum Gasteiger partial charge on any atom is 0.243 e. The van der Waals surface area contributed by atoms with Crippen LogP contribution in [0.3, 0.4) is 0 Å². The van der Waals surface area contributed by atoms with Gasteiger partial charge >= 0.3 is 0 Å². The fourth-order valence-electron chi connectivity index (χ4n) is 4.21. The van der Waals surface area contributed by atoms with Crippen LogP contribution in [-0.4, -0.2) is 76.2 Å². The third-order valence-electron chi connectivity index (χ3n) is 6.03. The molecular weight excluding hydrogens is 532 g/mol. The lowest BCUT2D eigenvalue weighted by molar-refractivity contribution is -0.125. The van der Waals surface area contributed by atoms with Gasteiger partial charge in [0.2, 0.25) is 22.7 Å². The molecule has 1 amide bonds. The van der Waals surface area contributed by atoms with Crippen LogP contribution in [0, 0.1) is 11.8 Å². The first-order valence-corrected chi connectivity index (χ1v) is 15.9. The van der Waals surface area contributed by atoms with Crippen LogP contribution in [0.1, 0.15) is 26.3 Å². The van der Waals surface area contributed by atoms with Crippen molar-refractivity contribution in [2.45, 2.75) is 44.2 Å². The number of nitrogens with zero attached hydrogens (tertiary/aromatic N) is 1. The van der Waals surface area contributed by atoms with E-state index in [4.69, 9.17) is 9.47 Å². The summed E-state index contributed by atoms with van der Waals surface area (Å²) in [4.78, 5) is 12.9. The predicted octanol–water partition coefficient (Wildman–Crippen LogP) is 1.83. The number of hydrogen-bond donors (Lipinski definition) is 2. The number of carbonyl (C=O) groups excluding carboxylic acids is 1. The number of amides is 1. The molecule has 0 saturated heterocycles. The third-order valence-corrected chi connectivity index (χ3v) is 8.97. The van der Waals surface area contributed by atoms with Gasteiger partial charge in [-0.05, 0) is 30.0 Å². The molecule has 2 aromatic rings. The number of rotatable bonds is 13. The lowest BCUT2D eigenvalue weighted by Gasteiger charge is -2.31. The van der Waals surface area contributed by atoms with Gasteiger partial charge < -0.3 is 19.9 Å². The highest BCUT2D eigenvalue weighted by molar-refractivity contribution is 7.90. The summed E-state index contributed by atoms with van der Waals surface area (Å²) in [5.74, 6) is -1.00. The Morgan fingerprint density at radius 2 is 1.66 bits per heavy atom. The van der Waals surface area contributed by atoms with Gasteiger partial charge in [0.25, 0.3) is 0 Å². The quantitative estimate of drug-likeness (QED) is 0.373. The average Bonchev–Trinajstić information content (AvgIpc) is 3.30. The van der Waals surface area contributed by atoms with Crippen molar-refractivity contribution in [1.82, 2.24) is 9.62 Å². The molecule has 0 aliphatic carbocycles. The van der Waals surface area contributed by atoms with E-state index in [0.29, 0.717) is 11.5 Å². The van der Waals surface area contributed by atoms with Gasteiger partial charge in [-0.15, -0.1) is 0 Å². The molecule has 0 radical (unpaired) electrons. The standard InChI is InChI=1S/C26H36N2O8S2/c1-18(2)14-28(38(33,34)21-10-11-24-25(13-21)36-17-35-24)15-23(29)22(12-20-8-6-5-7-9-20)27-26(30)19(3)16-37(4,31)32/h5-11,13,18-19,22-23,29H,12,14-17H2,1-4H3,(H,27,30)/t19-,22+,23-/m1/s1. The van der Waals surface area contributed by atoms with E-state index in [0.717, 1.165) is 11.8 Å². The summed E-state index contributed by atoms with van der Waals surface area (Å²) in [5, 5.41) is 14.1. The van der Waals surface area contributed by atoms with E-state index in [1.807, 2.05) is 44.2 Å². The molecule has 1 heterocycles. The van der Waals surface area contributed by atoms with Crippen LogP contribution in [0.2, 0.25) is 0 Å². The van der Waals surface area contributed by atoms with Crippen LogP contribution in [-0.2, 0) is 31.1 Å². The molecule has 10 nitrogen and oxygen atoms in total. The number of sulfonamides is 1. The number of benzene rings is 2. The molecule has 210 valence electrons. The molecular formula is C26H36N2O8S2. The predicted molar refractivity (Wildman–Crippen MR) is 143 cm³/mol. The normalized spacial score (nSPS) is 15.9. The molecule has 12 heteroatoms. The number of sulfone groups is 1. The summed E-state index contributed by atoms with van der Waals surface area (Å²) in [6.45, 7) is 5.08. The molecule has 0 saturated carbocycles. The Morgan fingerprint density at radius 1 is 1.00 bits per heavy atom. The minimum Gasteiger partial charge on any atom is -0.454 e. The SMILES string of the molecule is CC(C)CN(C[C@@H](O)[C@H](Cc1ccccc1)NC(=O)[C@H](C)CS(C)(=O)=O)S(=O)(=O)c1ccc2c(c1)OCO2. The van der Waals surface area contributed by atoms with Crippen molar-refractivity contribution >= 4 is 25.8 Å². The Balaban J connectivity index is 1.86. The minimum absolute atomic E-state index is 0.0000181. The molecule has 1 aliphatic heterocycles. The molecule has 3 atom stereocenters. The van der Waals surface area contributed by atoms with Crippen molar-refractivity contribution in [3.8, 4) is 11.5 Å². The van der Waals surface area contributed by atoms with E-state index in [9.17, 15) is 26.7 Å². The van der Waals surface area contributed by atoms with Crippen molar-refractivity contribution in [1.29, 1.82) is 0 Å². The molecule has 0 fully saturated rings. The smallest absolute Gasteiger partial charge is 0.243 e. The summed E-state index contributed by atoms with van der Waals surface area (Å²) in [6, 6.07) is 12.6. The highest BCUT2D eigenvalue weighted by Gasteiger charge is 2.33. The molecule has 0 aromatic heterocycles. The van der Waals surface area contributed by atoms with Gasteiger partial charge in [0, 0.05) is 31.3 Å². The van der Waals surface area contributed by atoms with E-state index in [2.05, 4.69) is 5.32 Å². The number of fused-ring (bicyclic) bond motifs is 1. The van der Waals surface area contributed by atoms with Gasteiger partial charge in [-0.25, -0.2) is 16.8 Å². The Bertz CT molecular complexity index is 1310. The Morgan fingerprint density at radius 3 is 2.29 bits per heavy atom. The summed E-state index contributed by atoms with van der Waals surface area (Å²) >= 11 is 0. The molecule has 2 aromatic carbocycles. The molecule has 3 rings (SSSR count).